The lowest BCUT2D eigenvalue weighted by molar-refractivity contribution is -0.137. The Morgan fingerprint density at radius 1 is 1.22 bits per heavy atom. The van der Waals surface area contributed by atoms with Crippen molar-refractivity contribution in [2.75, 3.05) is 11.9 Å². The molecule has 0 aliphatic heterocycles. The first-order valence-electron chi connectivity index (χ1n) is 10.2. The zero-order chi connectivity index (χ0) is 23.4. The third-order valence-corrected chi connectivity index (χ3v) is 3.99. The molecule has 0 spiro atoms. The van der Waals surface area contributed by atoms with Crippen LogP contribution >= 0.6 is 0 Å². The fraction of sp³-hybridized carbons (Fsp3) is 0.348. The van der Waals surface area contributed by atoms with Gasteiger partial charge in [-0.1, -0.05) is 17.3 Å². The molecule has 0 saturated carbocycles. The highest BCUT2D eigenvalue weighted by molar-refractivity contribution is 6.13. The molecule has 0 bridgehead atoms. The molecule has 0 atom stereocenters. The third kappa shape index (κ3) is 8.83. The maximum absolute atomic E-state index is 10.6. The minimum atomic E-state index is -0.825. The van der Waals surface area contributed by atoms with E-state index < -0.39 is 5.97 Å². The fourth-order valence-electron chi connectivity index (χ4n) is 2.68. The number of carboxylic acid groups (broad SMARTS) is 1. The molecule has 9 nitrogen and oxygen atoms in total. The molecule has 9 heteroatoms. The van der Waals surface area contributed by atoms with Crippen LogP contribution in [0.5, 0.6) is 0 Å². The van der Waals surface area contributed by atoms with Crippen LogP contribution in [0.15, 0.2) is 58.9 Å². The van der Waals surface area contributed by atoms with E-state index in [0.717, 1.165) is 11.1 Å². The number of rotatable bonds is 9. The number of oxime groups is 1. The highest BCUT2D eigenvalue weighted by atomic mass is 16.6. The highest BCUT2D eigenvalue weighted by Crippen LogP contribution is 2.17. The number of hydrogen-bond acceptors (Lipinski definition) is 6. The van der Waals surface area contributed by atoms with Crippen molar-refractivity contribution in [3.05, 3.63) is 59.9 Å². The Bertz CT molecular complexity index is 991. The van der Waals surface area contributed by atoms with Crippen molar-refractivity contribution in [2.24, 2.45) is 10.1 Å². The predicted octanol–water partition coefficient (Wildman–Crippen LogP) is 3.74. The molecule has 168 valence electrons. The van der Waals surface area contributed by atoms with Crippen molar-refractivity contribution < 1.29 is 14.7 Å². The molecule has 0 aliphatic carbocycles. The predicted molar refractivity (Wildman–Crippen MR) is 123 cm³/mol. The monoisotopic (exact) mass is 436 g/mol. The largest absolute Gasteiger partial charge is 0.481 e. The van der Waals surface area contributed by atoms with Gasteiger partial charge >= 0.3 is 5.97 Å². The zero-order valence-corrected chi connectivity index (χ0v) is 18.5. The van der Waals surface area contributed by atoms with E-state index in [2.05, 4.69) is 25.8 Å². The first kappa shape index (κ1) is 24.3. The molecular formula is C23H28N6O3. The first-order chi connectivity index (χ1) is 15.3. The molecule has 0 amide bonds. The van der Waals surface area contributed by atoms with Crippen LogP contribution in [-0.4, -0.2) is 39.9 Å². The van der Waals surface area contributed by atoms with Crippen molar-refractivity contribution >= 4 is 23.3 Å². The molecule has 0 fully saturated rings. The number of nitriles is 1. The van der Waals surface area contributed by atoms with Gasteiger partial charge in [-0.2, -0.15) is 5.26 Å². The number of aromatic nitrogens is 1. The number of guanidine groups is 1. The number of benzene rings is 1. The van der Waals surface area contributed by atoms with Crippen LogP contribution < -0.4 is 10.6 Å². The molecule has 3 N–H and O–H groups in total. The van der Waals surface area contributed by atoms with Crippen LogP contribution in [0.25, 0.3) is 0 Å². The molecule has 0 aliphatic rings. The van der Waals surface area contributed by atoms with E-state index in [-0.39, 0.29) is 12.0 Å². The third-order valence-electron chi connectivity index (χ3n) is 3.99. The van der Waals surface area contributed by atoms with Crippen molar-refractivity contribution in [3.8, 4) is 6.19 Å². The number of aliphatic carboxylic acids is 1. The molecule has 1 aromatic heterocycles. The molecule has 32 heavy (non-hydrogen) atoms. The normalized spacial score (nSPS) is 12.1. The summed E-state index contributed by atoms with van der Waals surface area (Å²) in [5.74, 6) is -0.485. The second-order valence-electron chi connectivity index (χ2n) is 7.94. The van der Waals surface area contributed by atoms with Crippen LogP contribution in [0.4, 0.5) is 5.69 Å². The van der Waals surface area contributed by atoms with Gasteiger partial charge < -0.3 is 15.3 Å². The standard InChI is InChI=1S/C23H28N6O3/c1-23(2,3)28-22(26-16-24)27-19-10-6-8-17(14-19)21(18-9-7-12-25-15-18)29-32-13-5-4-11-20(30)31/h6-10,12,14-15H,4-5,11,13H2,1-3H3,(H,30,31)(H2,26,27,28)/b29-21+. The minimum absolute atomic E-state index is 0.103. The van der Waals surface area contributed by atoms with Gasteiger partial charge in [-0.3, -0.25) is 15.1 Å². The van der Waals surface area contributed by atoms with Gasteiger partial charge in [-0.15, -0.1) is 0 Å². The van der Waals surface area contributed by atoms with Crippen LogP contribution in [0, 0.1) is 11.5 Å². The Kier molecular flexibility index (Phi) is 9.17. The van der Waals surface area contributed by atoms with Gasteiger partial charge in [0.2, 0.25) is 5.96 Å². The number of hydrogen-bond donors (Lipinski definition) is 3. The van der Waals surface area contributed by atoms with Crippen LogP contribution in [-0.2, 0) is 9.63 Å². The van der Waals surface area contributed by atoms with Gasteiger partial charge in [0.1, 0.15) is 12.3 Å². The Balaban J connectivity index is 2.25. The number of nitrogens with one attached hydrogen (secondary N) is 2. The number of unbranched alkanes of at least 4 members (excludes halogenated alkanes) is 1. The number of carboxylic acids is 1. The molecule has 1 heterocycles. The average Bonchev–Trinajstić information content (AvgIpc) is 2.73. The zero-order valence-electron chi connectivity index (χ0n) is 18.5. The summed E-state index contributed by atoms with van der Waals surface area (Å²) in [6.07, 6.45) is 6.47. The second-order valence-corrected chi connectivity index (χ2v) is 7.94. The fourth-order valence-corrected chi connectivity index (χ4v) is 2.68. The van der Waals surface area contributed by atoms with Crippen LogP contribution in [0.1, 0.15) is 51.2 Å². The molecule has 1 aromatic carbocycles. The van der Waals surface area contributed by atoms with Crippen LogP contribution in [0.2, 0.25) is 0 Å². The van der Waals surface area contributed by atoms with Gasteiger partial charge in [0.15, 0.2) is 6.19 Å². The minimum Gasteiger partial charge on any atom is -0.481 e. The maximum atomic E-state index is 10.6. The summed E-state index contributed by atoms with van der Waals surface area (Å²) in [5, 5.41) is 27.8. The number of anilines is 1. The molecule has 2 aromatic rings. The van der Waals surface area contributed by atoms with E-state index in [1.54, 1.807) is 12.4 Å². The Hall–Kier alpha value is -3.93. The Labute approximate surface area is 187 Å². The van der Waals surface area contributed by atoms with E-state index in [4.69, 9.17) is 15.2 Å². The lowest BCUT2D eigenvalue weighted by Crippen LogP contribution is -2.30. The van der Waals surface area contributed by atoms with Crippen molar-refractivity contribution in [3.63, 3.8) is 0 Å². The smallest absolute Gasteiger partial charge is 0.303 e. The average molecular weight is 437 g/mol. The van der Waals surface area contributed by atoms with Gasteiger partial charge in [-0.25, -0.2) is 4.99 Å². The number of carbonyl (C=O) groups is 1. The molecule has 0 unspecified atom stereocenters. The Morgan fingerprint density at radius 3 is 2.66 bits per heavy atom. The molecule has 0 saturated heterocycles. The summed E-state index contributed by atoms with van der Waals surface area (Å²) >= 11 is 0. The lowest BCUT2D eigenvalue weighted by Gasteiger charge is -2.16. The van der Waals surface area contributed by atoms with Gasteiger partial charge in [0, 0.05) is 35.6 Å². The topological polar surface area (TPSA) is 132 Å². The maximum Gasteiger partial charge on any atom is 0.303 e. The molecular weight excluding hydrogens is 408 g/mol. The van der Waals surface area contributed by atoms with E-state index in [1.165, 1.54) is 0 Å². The van der Waals surface area contributed by atoms with Crippen molar-refractivity contribution in [1.29, 1.82) is 5.26 Å². The lowest BCUT2D eigenvalue weighted by atomic mass is 10.0. The summed E-state index contributed by atoms with van der Waals surface area (Å²) < 4.78 is 0. The number of pyridine rings is 1. The SMILES string of the molecule is CC(C)(C)N=C(NC#N)Nc1cccc(/C(=N\OCCCCC(=O)O)c2cccnc2)c1. The van der Waals surface area contributed by atoms with E-state index in [1.807, 2.05) is 63.4 Å². The molecule has 0 radical (unpaired) electrons. The number of aliphatic imine (C=N–C) groups is 1. The second kappa shape index (κ2) is 12.1. The summed E-state index contributed by atoms with van der Waals surface area (Å²) in [4.78, 5) is 24.7. The highest BCUT2D eigenvalue weighted by Gasteiger charge is 2.13. The summed E-state index contributed by atoms with van der Waals surface area (Å²) in [5.41, 5.74) is 2.48. The summed E-state index contributed by atoms with van der Waals surface area (Å²) in [7, 11) is 0. The van der Waals surface area contributed by atoms with Crippen molar-refractivity contribution in [1.82, 2.24) is 10.3 Å². The van der Waals surface area contributed by atoms with Gasteiger partial charge in [0.25, 0.3) is 0 Å². The van der Waals surface area contributed by atoms with E-state index in [9.17, 15) is 4.79 Å². The summed E-state index contributed by atoms with van der Waals surface area (Å²) in [6.45, 7) is 6.12. The summed E-state index contributed by atoms with van der Waals surface area (Å²) in [6, 6.07) is 11.2. The Morgan fingerprint density at radius 2 is 2.00 bits per heavy atom. The molecule has 2 rings (SSSR count). The number of nitrogens with zero attached hydrogens (tertiary/aromatic N) is 4. The van der Waals surface area contributed by atoms with E-state index in [0.29, 0.717) is 36.8 Å². The van der Waals surface area contributed by atoms with Crippen LogP contribution in [0.3, 0.4) is 0 Å². The van der Waals surface area contributed by atoms with Gasteiger partial charge in [-0.05, 0) is 57.9 Å². The quantitative estimate of drug-likeness (QED) is 0.136. The van der Waals surface area contributed by atoms with Gasteiger partial charge in [0.05, 0.1) is 5.54 Å². The van der Waals surface area contributed by atoms with Crippen molar-refractivity contribution in [2.45, 2.75) is 45.6 Å². The van der Waals surface area contributed by atoms with E-state index >= 15 is 0 Å². The first-order valence-corrected chi connectivity index (χ1v) is 10.2.